The number of nitrogens with zero attached hydrogens (tertiary/aromatic N) is 5. The van der Waals surface area contributed by atoms with Crippen LogP contribution in [0.4, 0.5) is 0 Å². The Morgan fingerprint density at radius 3 is 2.45 bits per heavy atom. The average Bonchev–Trinajstić information content (AvgIpc) is 3.34. The van der Waals surface area contributed by atoms with Crippen molar-refractivity contribution in [1.29, 1.82) is 0 Å². The number of carbonyl (C=O) groups is 1. The maximum atomic E-state index is 12.7. The zero-order valence-corrected chi connectivity index (χ0v) is 16.8. The van der Waals surface area contributed by atoms with Gasteiger partial charge >= 0.3 is 0 Å². The summed E-state index contributed by atoms with van der Waals surface area (Å²) in [6.45, 7) is 0.627. The van der Waals surface area contributed by atoms with E-state index in [4.69, 9.17) is 0 Å². The summed E-state index contributed by atoms with van der Waals surface area (Å²) in [5, 5.41) is 15.7. The molecule has 1 aliphatic heterocycles. The zero-order valence-electron chi connectivity index (χ0n) is 15.9. The molecule has 0 radical (unpaired) electrons. The monoisotopic (exact) mass is 403 g/mol. The summed E-state index contributed by atoms with van der Waals surface area (Å²) >= 11 is 1.43. The maximum absolute atomic E-state index is 12.7. The second kappa shape index (κ2) is 7.83. The highest BCUT2D eigenvalue weighted by Gasteiger charge is 2.31. The van der Waals surface area contributed by atoms with Gasteiger partial charge in [0.1, 0.15) is 5.82 Å². The third-order valence-electron chi connectivity index (χ3n) is 5.14. The van der Waals surface area contributed by atoms with Crippen LogP contribution in [0, 0.1) is 0 Å². The van der Waals surface area contributed by atoms with E-state index in [2.05, 4.69) is 32.0 Å². The molecule has 0 N–H and O–H groups in total. The van der Waals surface area contributed by atoms with E-state index < -0.39 is 0 Å². The molecule has 1 aliphatic carbocycles. The Morgan fingerprint density at radius 1 is 1.00 bits per heavy atom. The molecule has 1 fully saturated rings. The van der Waals surface area contributed by atoms with E-state index >= 15 is 0 Å². The van der Waals surface area contributed by atoms with Crippen LogP contribution in [0.2, 0.25) is 0 Å². The average molecular weight is 404 g/mol. The van der Waals surface area contributed by atoms with Gasteiger partial charge in [-0.15, -0.1) is 10.2 Å². The van der Waals surface area contributed by atoms with Crippen LogP contribution in [0.25, 0.3) is 5.69 Å². The molecule has 1 aromatic heterocycles. The summed E-state index contributed by atoms with van der Waals surface area (Å²) in [6.07, 6.45) is 3.09. The van der Waals surface area contributed by atoms with E-state index in [0.717, 1.165) is 47.2 Å². The highest BCUT2D eigenvalue weighted by Crippen LogP contribution is 2.41. The quantitative estimate of drug-likeness (QED) is 0.586. The lowest BCUT2D eigenvalue weighted by Crippen LogP contribution is -2.25. The molecule has 1 saturated carbocycles. The number of para-hydroxylation sites is 1. The molecule has 0 unspecified atom stereocenters. The lowest BCUT2D eigenvalue weighted by atomic mass is 10.1. The van der Waals surface area contributed by atoms with Gasteiger partial charge in [0, 0.05) is 18.0 Å². The minimum Gasteiger partial charge on any atom is -0.274 e. The topological polar surface area (TPSA) is 63.4 Å². The first kappa shape index (κ1) is 18.1. The van der Waals surface area contributed by atoms with Gasteiger partial charge in [0.2, 0.25) is 0 Å². The number of hydrogen-bond acceptors (Lipinski definition) is 5. The van der Waals surface area contributed by atoms with Gasteiger partial charge in [-0.05, 0) is 30.5 Å². The number of benzene rings is 2. The Morgan fingerprint density at radius 2 is 1.72 bits per heavy atom. The lowest BCUT2D eigenvalue weighted by molar-refractivity contribution is -0.127. The fourth-order valence-electron chi connectivity index (χ4n) is 3.47. The largest absolute Gasteiger partial charge is 0.274 e. The second-order valence-electron chi connectivity index (χ2n) is 7.25. The van der Waals surface area contributed by atoms with Gasteiger partial charge in [-0.1, -0.05) is 60.3 Å². The molecule has 6 nitrogen and oxygen atoms in total. The van der Waals surface area contributed by atoms with Crippen LogP contribution in [0.3, 0.4) is 0 Å². The fourth-order valence-corrected chi connectivity index (χ4v) is 4.30. The minimum atomic E-state index is -0.00323. The van der Waals surface area contributed by atoms with Crippen molar-refractivity contribution in [2.24, 2.45) is 5.10 Å². The van der Waals surface area contributed by atoms with Crippen molar-refractivity contribution < 1.29 is 4.79 Å². The standard InChI is InChI=1S/C22H21N5OS/c28-20(26-14-13-19(25-26)16-7-3-1-4-8-16)15-29-22-24-23-21(17-11-12-17)27(22)18-9-5-2-6-10-18/h1-10,17H,11-15H2. The highest BCUT2D eigenvalue weighted by atomic mass is 32.2. The van der Waals surface area contributed by atoms with Gasteiger partial charge in [0.25, 0.3) is 5.91 Å². The second-order valence-corrected chi connectivity index (χ2v) is 8.20. The Kier molecular flexibility index (Phi) is 4.89. The number of aromatic nitrogens is 3. The molecule has 5 rings (SSSR count). The normalized spacial score (nSPS) is 16.1. The summed E-state index contributed by atoms with van der Waals surface area (Å²) in [4.78, 5) is 12.7. The van der Waals surface area contributed by atoms with Crippen LogP contribution in [0.5, 0.6) is 0 Å². The third-order valence-corrected chi connectivity index (χ3v) is 6.05. The number of rotatable bonds is 6. The van der Waals surface area contributed by atoms with Crippen molar-refractivity contribution in [3.05, 3.63) is 72.1 Å². The number of carbonyl (C=O) groups excluding carboxylic acids is 1. The predicted molar refractivity (Wildman–Crippen MR) is 113 cm³/mol. The Balaban J connectivity index is 1.31. The van der Waals surface area contributed by atoms with Crippen molar-refractivity contribution in [1.82, 2.24) is 19.8 Å². The molecule has 0 spiro atoms. The third kappa shape index (κ3) is 3.82. The molecular weight excluding hydrogens is 382 g/mol. The van der Waals surface area contributed by atoms with Gasteiger partial charge in [-0.3, -0.25) is 9.36 Å². The van der Waals surface area contributed by atoms with E-state index in [9.17, 15) is 4.79 Å². The molecule has 2 aromatic carbocycles. The van der Waals surface area contributed by atoms with Crippen LogP contribution in [0.1, 0.15) is 36.6 Å². The summed E-state index contributed by atoms with van der Waals surface area (Å²) < 4.78 is 2.10. The van der Waals surface area contributed by atoms with Crippen LogP contribution in [-0.2, 0) is 4.79 Å². The summed E-state index contributed by atoms with van der Waals surface area (Å²) in [7, 11) is 0. The molecule has 3 aromatic rings. The van der Waals surface area contributed by atoms with E-state index in [0.29, 0.717) is 18.2 Å². The van der Waals surface area contributed by atoms with Gasteiger partial charge < -0.3 is 0 Å². The molecule has 146 valence electrons. The van der Waals surface area contributed by atoms with Gasteiger partial charge in [-0.25, -0.2) is 5.01 Å². The summed E-state index contributed by atoms with van der Waals surface area (Å²) in [5.74, 6) is 1.76. The van der Waals surface area contributed by atoms with E-state index in [1.807, 2.05) is 48.5 Å². The van der Waals surface area contributed by atoms with Crippen molar-refractivity contribution in [3.63, 3.8) is 0 Å². The summed E-state index contributed by atoms with van der Waals surface area (Å²) in [5.41, 5.74) is 3.08. The molecule has 7 heteroatoms. The molecule has 1 amide bonds. The van der Waals surface area contributed by atoms with Crippen molar-refractivity contribution >= 4 is 23.4 Å². The van der Waals surface area contributed by atoms with Gasteiger partial charge in [0.15, 0.2) is 5.16 Å². The van der Waals surface area contributed by atoms with E-state index in [-0.39, 0.29) is 5.91 Å². The maximum Gasteiger partial charge on any atom is 0.253 e. The van der Waals surface area contributed by atoms with Crippen LogP contribution < -0.4 is 0 Å². The first-order valence-corrected chi connectivity index (χ1v) is 10.8. The van der Waals surface area contributed by atoms with Crippen molar-refractivity contribution in [3.8, 4) is 5.69 Å². The summed E-state index contributed by atoms with van der Waals surface area (Å²) in [6, 6.07) is 20.2. The predicted octanol–water partition coefficient (Wildman–Crippen LogP) is 3.87. The molecule has 0 bridgehead atoms. The van der Waals surface area contributed by atoms with Gasteiger partial charge in [-0.2, -0.15) is 5.10 Å². The Hall–Kier alpha value is -2.93. The SMILES string of the molecule is O=C(CSc1nnc(C2CC2)n1-c1ccccc1)N1CCC(c2ccccc2)=N1. The first-order chi connectivity index (χ1) is 14.3. The molecule has 2 aliphatic rings. The van der Waals surface area contributed by atoms with Crippen molar-refractivity contribution in [2.75, 3.05) is 12.3 Å². The molecule has 0 saturated heterocycles. The minimum absolute atomic E-state index is 0.00323. The zero-order chi connectivity index (χ0) is 19.6. The van der Waals surface area contributed by atoms with Crippen molar-refractivity contribution in [2.45, 2.75) is 30.3 Å². The van der Waals surface area contributed by atoms with E-state index in [1.165, 1.54) is 11.8 Å². The molecule has 0 atom stereocenters. The molecule has 29 heavy (non-hydrogen) atoms. The Labute approximate surface area is 173 Å². The number of amides is 1. The van der Waals surface area contributed by atoms with Crippen LogP contribution in [0.15, 0.2) is 70.9 Å². The first-order valence-electron chi connectivity index (χ1n) is 9.86. The smallest absolute Gasteiger partial charge is 0.253 e. The van der Waals surface area contributed by atoms with E-state index in [1.54, 1.807) is 5.01 Å². The Bertz CT molecular complexity index is 1040. The van der Waals surface area contributed by atoms with Gasteiger partial charge in [0.05, 0.1) is 18.0 Å². The van der Waals surface area contributed by atoms with Crippen LogP contribution in [-0.4, -0.2) is 43.7 Å². The lowest BCUT2D eigenvalue weighted by Gasteiger charge is -2.12. The molecular formula is C22H21N5OS. The molecule has 2 heterocycles. The highest BCUT2D eigenvalue weighted by molar-refractivity contribution is 7.99. The number of hydrazone groups is 1. The fraction of sp³-hybridized carbons (Fsp3) is 0.273. The number of hydrogen-bond donors (Lipinski definition) is 0. The number of thioether (sulfide) groups is 1. The van der Waals surface area contributed by atoms with Crippen LogP contribution >= 0.6 is 11.8 Å².